The van der Waals surface area contributed by atoms with Gasteiger partial charge in [0, 0.05) is 23.3 Å². The largest absolute Gasteiger partial charge is 0.418 e. The first-order chi connectivity index (χ1) is 9.41. The molecule has 1 aliphatic carbocycles. The Morgan fingerprint density at radius 2 is 1.95 bits per heavy atom. The van der Waals surface area contributed by atoms with Crippen LogP contribution in [0.5, 0.6) is 0 Å². The van der Waals surface area contributed by atoms with Gasteiger partial charge in [-0.05, 0) is 42.9 Å². The van der Waals surface area contributed by atoms with Crippen LogP contribution in [-0.2, 0) is 6.18 Å². The molecule has 2 unspecified atom stereocenters. The Morgan fingerprint density at radius 1 is 1.25 bits per heavy atom. The maximum atomic E-state index is 12.9. The first kappa shape index (κ1) is 15.6. The second kappa shape index (κ2) is 6.35. The Labute approximate surface area is 124 Å². The minimum Gasteiger partial charge on any atom is -0.396 e. The van der Waals surface area contributed by atoms with Crippen LogP contribution in [0.4, 0.5) is 18.9 Å². The molecule has 112 valence electrons. The SMILES string of the molecule is OCC1CCCC1CNc1cc(Br)ccc1C(F)(F)F. The zero-order chi connectivity index (χ0) is 14.8. The second-order valence-electron chi connectivity index (χ2n) is 5.20. The number of nitrogens with one attached hydrogen (secondary N) is 1. The minimum absolute atomic E-state index is 0.0930. The number of aliphatic hydroxyl groups is 1. The maximum Gasteiger partial charge on any atom is 0.418 e. The summed E-state index contributed by atoms with van der Waals surface area (Å²) in [5.41, 5.74) is -0.560. The number of hydrogen-bond acceptors (Lipinski definition) is 2. The Balaban J connectivity index is 2.10. The van der Waals surface area contributed by atoms with Crippen molar-refractivity contribution in [3.05, 3.63) is 28.2 Å². The Bertz CT molecular complexity index is 464. The van der Waals surface area contributed by atoms with Crippen molar-refractivity contribution in [1.29, 1.82) is 0 Å². The number of halogens is 4. The highest BCUT2D eigenvalue weighted by molar-refractivity contribution is 9.10. The lowest BCUT2D eigenvalue weighted by molar-refractivity contribution is -0.137. The highest BCUT2D eigenvalue weighted by atomic mass is 79.9. The van der Waals surface area contributed by atoms with Gasteiger partial charge in [-0.2, -0.15) is 13.2 Å². The summed E-state index contributed by atoms with van der Waals surface area (Å²) in [4.78, 5) is 0. The molecule has 0 heterocycles. The smallest absolute Gasteiger partial charge is 0.396 e. The van der Waals surface area contributed by atoms with Gasteiger partial charge in [0.05, 0.1) is 5.56 Å². The van der Waals surface area contributed by atoms with Gasteiger partial charge in [0.15, 0.2) is 0 Å². The van der Waals surface area contributed by atoms with E-state index in [1.807, 2.05) is 0 Å². The number of aliphatic hydroxyl groups excluding tert-OH is 1. The molecule has 20 heavy (non-hydrogen) atoms. The summed E-state index contributed by atoms with van der Waals surface area (Å²) in [6.07, 6.45) is -1.43. The van der Waals surface area contributed by atoms with Gasteiger partial charge >= 0.3 is 6.18 Å². The van der Waals surface area contributed by atoms with E-state index >= 15 is 0 Å². The van der Waals surface area contributed by atoms with Crippen LogP contribution in [0.2, 0.25) is 0 Å². The van der Waals surface area contributed by atoms with Crippen LogP contribution in [0.15, 0.2) is 22.7 Å². The normalized spacial score (nSPS) is 23.1. The van der Waals surface area contributed by atoms with E-state index in [4.69, 9.17) is 0 Å². The topological polar surface area (TPSA) is 32.3 Å². The zero-order valence-electron chi connectivity index (χ0n) is 10.9. The number of benzene rings is 1. The van der Waals surface area contributed by atoms with Crippen LogP contribution in [0.1, 0.15) is 24.8 Å². The molecule has 1 aromatic rings. The molecule has 2 nitrogen and oxygen atoms in total. The monoisotopic (exact) mass is 351 g/mol. The van der Waals surface area contributed by atoms with Crippen LogP contribution in [0.3, 0.4) is 0 Å². The van der Waals surface area contributed by atoms with E-state index in [1.54, 1.807) is 0 Å². The van der Waals surface area contributed by atoms with Gasteiger partial charge in [-0.15, -0.1) is 0 Å². The summed E-state index contributed by atoms with van der Waals surface area (Å²) < 4.78 is 39.4. The van der Waals surface area contributed by atoms with E-state index in [9.17, 15) is 18.3 Å². The van der Waals surface area contributed by atoms with Crippen LogP contribution in [-0.4, -0.2) is 18.3 Å². The molecule has 2 N–H and O–H groups in total. The molecule has 0 aliphatic heterocycles. The van der Waals surface area contributed by atoms with Crippen molar-refractivity contribution >= 4 is 21.6 Å². The predicted molar refractivity (Wildman–Crippen MR) is 75.6 cm³/mol. The van der Waals surface area contributed by atoms with E-state index in [2.05, 4.69) is 21.2 Å². The fourth-order valence-electron chi connectivity index (χ4n) is 2.77. The predicted octanol–water partition coefficient (Wildman–Crippen LogP) is 4.29. The fraction of sp³-hybridized carbons (Fsp3) is 0.571. The molecule has 1 saturated carbocycles. The summed E-state index contributed by atoms with van der Waals surface area (Å²) in [7, 11) is 0. The Kier molecular flexibility index (Phi) is 4.96. The standard InChI is InChI=1S/C14H17BrF3NO/c15-11-4-5-12(14(16,17)18)13(6-11)19-7-9-2-1-3-10(9)8-20/h4-6,9-10,19-20H,1-3,7-8H2. The van der Waals surface area contributed by atoms with Gasteiger partial charge in [0.2, 0.25) is 0 Å². The highest BCUT2D eigenvalue weighted by Gasteiger charge is 2.34. The molecule has 0 amide bonds. The molecule has 0 aromatic heterocycles. The summed E-state index contributed by atoms with van der Waals surface area (Å²) in [5, 5.41) is 12.2. The van der Waals surface area contributed by atoms with Gasteiger partial charge < -0.3 is 10.4 Å². The van der Waals surface area contributed by atoms with Crippen LogP contribution in [0.25, 0.3) is 0 Å². The lowest BCUT2D eigenvalue weighted by Crippen LogP contribution is -2.22. The van der Waals surface area contributed by atoms with Crippen molar-refractivity contribution < 1.29 is 18.3 Å². The number of rotatable bonds is 4. The van der Waals surface area contributed by atoms with Gasteiger partial charge in [-0.3, -0.25) is 0 Å². The van der Waals surface area contributed by atoms with Crippen molar-refractivity contribution in [3.63, 3.8) is 0 Å². The van der Waals surface area contributed by atoms with Gasteiger partial charge in [0.1, 0.15) is 0 Å². The lowest BCUT2D eigenvalue weighted by Gasteiger charge is -2.21. The number of alkyl halides is 3. The van der Waals surface area contributed by atoms with Crippen LogP contribution in [0, 0.1) is 11.8 Å². The van der Waals surface area contributed by atoms with E-state index in [-0.39, 0.29) is 24.1 Å². The third-order valence-electron chi connectivity index (χ3n) is 3.89. The minimum atomic E-state index is -4.37. The van der Waals surface area contributed by atoms with Crippen molar-refractivity contribution in [3.8, 4) is 0 Å². The molecular formula is C14H17BrF3NO. The molecule has 0 spiro atoms. The van der Waals surface area contributed by atoms with Gasteiger partial charge in [-0.25, -0.2) is 0 Å². The van der Waals surface area contributed by atoms with Crippen LogP contribution < -0.4 is 5.32 Å². The summed E-state index contributed by atoms with van der Waals surface area (Å²) in [6, 6.07) is 3.91. The number of hydrogen-bond donors (Lipinski definition) is 2. The van der Waals surface area contributed by atoms with Crippen molar-refractivity contribution in [2.24, 2.45) is 11.8 Å². The molecule has 0 radical (unpaired) electrons. The summed E-state index contributed by atoms with van der Waals surface area (Å²) >= 11 is 3.19. The van der Waals surface area contributed by atoms with Crippen LogP contribution >= 0.6 is 15.9 Å². The van der Waals surface area contributed by atoms with E-state index < -0.39 is 11.7 Å². The van der Waals surface area contributed by atoms with Crippen molar-refractivity contribution in [1.82, 2.24) is 0 Å². The summed E-state index contributed by atoms with van der Waals surface area (Å²) in [6.45, 7) is 0.571. The molecular weight excluding hydrogens is 335 g/mol. The first-order valence-corrected chi connectivity index (χ1v) is 7.42. The van der Waals surface area contributed by atoms with Crippen molar-refractivity contribution in [2.45, 2.75) is 25.4 Å². The average molecular weight is 352 g/mol. The fourth-order valence-corrected chi connectivity index (χ4v) is 3.13. The zero-order valence-corrected chi connectivity index (χ0v) is 12.5. The summed E-state index contributed by atoms with van der Waals surface area (Å²) in [5.74, 6) is 0.434. The molecule has 2 atom stereocenters. The third kappa shape index (κ3) is 3.67. The second-order valence-corrected chi connectivity index (χ2v) is 6.12. The van der Waals surface area contributed by atoms with E-state index in [0.717, 1.165) is 25.3 Å². The van der Waals surface area contributed by atoms with E-state index in [0.29, 0.717) is 11.0 Å². The third-order valence-corrected chi connectivity index (χ3v) is 4.39. The maximum absolute atomic E-state index is 12.9. The average Bonchev–Trinajstić information content (AvgIpc) is 2.82. The van der Waals surface area contributed by atoms with Gasteiger partial charge in [0.25, 0.3) is 0 Å². The van der Waals surface area contributed by atoms with Crippen molar-refractivity contribution in [2.75, 3.05) is 18.5 Å². The molecule has 2 rings (SSSR count). The molecule has 1 fully saturated rings. The first-order valence-electron chi connectivity index (χ1n) is 6.63. The Hall–Kier alpha value is -0.750. The molecule has 1 aliphatic rings. The quantitative estimate of drug-likeness (QED) is 0.848. The molecule has 1 aromatic carbocycles. The molecule has 0 saturated heterocycles. The highest BCUT2D eigenvalue weighted by Crippen LogP contribution is 2.37. The lowest BCUT2D eigenvalue weighted by atomic mass is 9.97. The molecule has 0 bridgehead atoms. The molecule has 6 heteroatoms. The van der Waals surface area contributed by atoms with Gasteiger partial charge in [-0.1, -0.05) is 22.4 Å². The Morgan fingerprint density at radius 3 is 2.60 bits per heavy atom. The number of anilines is 1. The van der Waals surface area contributed by atoms with E-state index in [1.165, 1.54) is 12.1 Å².